The third-order valence-electron chi connectivity index (χ3n) is 7.03. The van der Waals surface area contributed by atoms with Gasteiger partial charge in [0.05, 0.1) is 14.2 Å². The molecule has 1 N–H and O–H groups in total. The van der Waals surface area contributed by atoms with E-state index in [0.717, 1.165) is 5.56 Å². The molecule has 2 aliphatic rings. The van der Waals surface area contributed by atoms with Crippen LogP contribution in [0.4, 0.5) is 0 Å². The number of hydrogen-bond acceptors (Lipinski definition) is 11. The predicted octanol–water partition coefficient (Wildman–Crippen LogP) is 2.82. The summed E-state index contributed by atoms with van der Waals surface area (Å²) in [5, 5.41) is 2.23. The number of nitrogens with one attached hydrogen (secondary N) is 1. The Labute approximate surface area is 253 Å². The molecule has 4 rings (SSSR count). The summed E-state index contributed by atoms with van der Waals surface area (Å²) in [7, 11) is 2.85. The normalized spacial score (nSPS) is 19.9. The van der Waals surface area contributed by atoms with Gasteiger partial charge >= 0.3 is 17.9 Å². The summed E-state index contributed by atoms with van der Waals surface area (Å²) in [4.78, 5) is 64.6. The van der Waals surface area contributed by atoms with Crippen molar-refractivity contribution in [3.05, 3.63) is 59.7 Å². The molecule has 0 unspecified atom stereocenters. The summed E-state index contributed by atoms with van der Waals surface area (Å²) < 4.78 is 25.2. The number of carbonyl (C=O) groups is 5. The first kappa shape index (κ1) is 31.7. The number of β-lactam (4-membered cyclic amide) rings is 1. The van der Waals surface area contributed by atoms with Crippen LogP contribution in [-0.2, 0) is 40.0 Å². The fourth-order valence-corrected chi connectivity index (χ4v) is 6.53. The standard InChI is InChI=1S/C30H34N2O10S/c1-30(2)25(29(37)42-17-41-22(34)15-9-14-21(33)40-16-18-10-6-5-7-11-18)32-27(36)24(28(32)43-30)31-26(35)23-19(38-3)12-8-13-20(23)39-4/h5-8,10-13,24-25,28H,9,14-17H2,1-4H3,(H,31,35)/t24-,25+,28-/m1/s1. The molecule has 0 radical (unpaired) electrons. The Morgan fingerprint density at radius 3 is 2.14 bits per heavy atom. The zero-order valence-corrected chi connectivity index (χ0v) is 25.1. The Morgan fingerprint density at radius 2 is 1.51 bits per heavy atom. The maximum absolute atomic E-state index is 13.1. The Morgan fingerprint density at radius 1 is 0.884 bits per heavy atom. The van der Waals surface area contributed by atoms with Crippen LogP contribution in [0.2, 0.25) is 0 Å². The lowest BCUT2D eigenvalue weighted by Gasteiger charge is -2.43. The van der Waals surface area contributed by atoms with Crippen molar-refractivity contribution in [3.63, 3.8) is 0 Å². The Hall–Kier alpha value is -4.26. The van der Waals surface area contributed by atoms with Crippen LogP contribution in [0.1, 0.15) is 49.0 Å². The van der Waals surface area contributed by atoms with Crippen LogP contribution in [0.25, 0.3) is 0 Å². The molecule has 2 fully saturated rings. The van der Waals surface area contributed by atoms with Crippen molar-refractivity contribution in [2.24, 2.45) is 0 Å². The zero-order chi connectivity index (χ0) is 31.1. The highest BCUT2D eigenvalue weighted by molar-refractivity contribution is 8.01. The minimum atomic E-state index is -0.956. The molecule has 13 heteroatoms. The molecule has 2 amide bonds. The van der Waals surface area contributed by atoms with Crippen molar-refractivity contribution in [3.8, 4) is 11.5 Å². The maximum atomic E-state index is 13.1. The number of benzene rings is 2. The van der Waals surface area contributed by atoms with Gasteiger partial charge < -0.3 is 33.9 Å². The molecule has 2 heterocycles. The lowest BCUT2D eigenvalue weighted by Crippen LogP contribution is -2.70. The van der Waals surface area contributed by atoms with Gasteiger partial charge in [-0.05, 0) is 38.0 Å². The SMILES string of the molecule is COc1cccc(OC)c1C(=O)N[C@@H]1C(=O)N2[C@@H]1SC(C)(C)[C@@H]2C(=O)OCOC(=O)CCCC(=O)OCc1ccccc1. The van der Waals surface area contributed by atoms with Gasteiger partial charge in [0.25, 0.3) is 5.91 Å². The van der Waals surface area contributed by atoms with E-state index in [4.69, 9.17) is 23.7 Å². The van der Waals surface area contributed by atoms with Crippen molar-refractivity contribution in [2.45, 2.75) is 61.9 Å². The van der Waals surface area contributed by atoms with Crippen LogP contribution in [0.15, 0.2) is 48.5 Å². The maximum Gasteiger partial charge on any atom is 0.333 e. The molecule has 230 valence electrons. The molecule has 0 bridgehead atoms. The van der Waals surface area contributed by atoms with Gasteiger partial charge in [0.15, 0.2) is 0 Å². The van der Waals surface area contributed by atoms with E-state index < -0.39 is 58.7 Å². The number of thioether (sulfide) groups is 1. The minimum Gasteiger partial charge on any atom is -0.496 e. The number of hydrogen-bond donors (Lipinski definition) is 1. The highest BCUT2D eigenvalue weighted by Crippen LogP contribution is 2.51. The second-order valence-electron chi connectivity index (χ2n) is 10.3. The fourth-order valence-electron chi connectivity index (χ4n) is 4.91. The Bertz CT molecular complexity index is 1340. The van der Waals surface area contributed by atoms with E-state index in [1.165, 1.54) is 30.9 Å². The largest absolute Gasteiger partial charge is 0.496 e. The highest BCUT2D eigenvalue weighted by atomic mass is 32.2. The van der Waals surface area contributed by atoms with Gasteiger partial charge in [0.2, 0.25) is 12.7 Å². The van der Waals surface area contributed by atoms with E-state index in [2.05, 4.69) is 5.32 Å². The van der Waals surface area contributed by atoms with E-state index in [-0.39, 0.29) is 31.4 Å². The molecule has 0 aliphatic carbocycles. The molecular weight excluding hydrogens is 580 g/mol. The van der Waals surface area contributed by atoms with Gasteiger partial charge in [-0.1, -0.05) is 36.4 Å². The molecule has 0 saturated carbocycles. The number of ether oxygens (including phenoxy) is 5. The molecule has 0 aromatic heterocycles. The van der Waals surface area contributed by atoms with E-state index >= 15 is 0 Å². The molecular formula is C30H34N2O10S. The van der Waals surface area contributed by atoms with Gasteiger partial charge in [-0.15, -0.1) is 11.8 Å². The van der Waals surface area contributed by atoms with Gasteiger partial charge in [-0.3, -0.25) is 19.2 Å². The van der Waals surface area contributed by atoms with Crippen molar-refractivity contribution in [1.82, 2.24) is 10.2 Å². The lowest BCUT2D eigenvalue weighted by atomic mass is 9.95. The van der Waals surface area contributed by atoms with E-state index in [1.54, 1.807) is 32.0 Å². The van der Waals surface area contributed by atoms with Gasteiger partial charge in [0, 0.05) is 17.6 Å². The second-order valence-corrected chi connectivity index (χ2v) is 12.1. The molecule has 2 aromatic carbocycles. The molecule has 43 heavy (non-hydrogen) atoms. The fraction of sp³-hybridized carbons (Fsp3) is 0.433. The number of fused-ring (bicyclic) bond motifs is 1. The number of esters is 3. The van der Waals surface area contributed by atoms with Crippen molar-refractivity contribution in [1.29, 1.82) is 0 Å². The number of carbonyl (C=O) groups excluding carboxylic acids is 5. The summed E-state index contributed by atoms with van der Waals surface area (Å²) in [6.07, 6.45) is 0.188. The van der Waals surface area contributed by atoms with Crippen LogP contribution in [-0.4, -0.2) is 77.8 Å². The Kier molecular flexibility index (Phi) is 10.2. The molecule has 12 nitrogen and oxygen atoms in total. The van der Waals surface area contributed by atoms with Crippen molar-refractivity contribution < 1.29 is 47.7 Å². The van der Waals surface area contributed by atoms with Gasteiger partial charge in [-0.25, -0.2) is 4.79 Å². The number of nitrogens with zero attached hydrogens (tertiary/aromatic N) is 1. The van der Waals surface area contributed by atoms with Crippen LogP contribution in [0, 0.1) is 0 Å². The van der Waals surface area contributed by atoms with Gasteiger partial charge in [0.1, 0.15) is 41.1 Å². The zero-order valence-electron chi connectivity index (χ0n) is 24.3. The molecule has 3 atom stereocenters. The van der Waals surface area contributed by atoms with Crippen LogP contribution < -0.4 is 14.8 Å². The molecule has 2 saturated heterocycles. The van der Waals surface area contributed by atoms with Crippen LogP contribution >= 0.6 is 11.8 Å². The lowest BCUT2D eigenvalue weighted by molar-refractivity contribution is -0.176. The minimum absolute atomic E-state index is 0.0369. The summed E-state index contributed by atoms with van der Waals surface area (Å²) in [6.45, 7) is 3.11. The first-order chi connectivity index (χ1) is 20.6. The smallest absolute Gasteiger partial charge is 0.333 e. The average molecular weight is 615 g/mol. The quantitative estimate of drug-likeness (QED) is 0.202. The monoisotopic (exact) mass is 614 g/mol. The summed E-state index contributed by atoms with van der Waals surface area (Å²) in [5.74, 6) is -2.22. The topological polar surface area (TPSA) is 147 Å². The first-order valence-corrected chi connectivity index (χ1v) is 14.5. The number of amides is 2. The summed E-state index contributed by atoms with van der Waals surface area (Å²) in [5.41, 5.74) is 1.02. The first-order valence-electron chi connectivity index (χ1n) is 13.6. The highest BCUT2D eigenvalue weighted by Gasteiger charge is 2.64. The van der Waals surface area contributed by atoms with Crippen LogP contribution in [0.3, 0.4) is 0 Å². The second kappa shape index (κ2) is 13.8. The van der Waals surface area contributed by atoms with Gasteiger partial charge in [-0.2, -0.15) is 0 Å². The number of methoxy groups -OCH3 is 2. The van der Waals surface area contributed by atoms with Crippen molar-refractivity contribution >= 4 is 41.5 Å². The van der Waals surface area contributed by atoms with Crippen LogP contribution in [0.5, 0.6) is 11.5 Å². The summed E-state index contributed by atoms with van der Waals surface area (Å²) >= 11 is 1.35. The third-order valence-corrected chi connectivity index (χ3v) is 8.60. The Balaban J connectivity index is 1.22. The van der Waals surface area contributed by atoms with E-state index in [0.29, 0.717) is 11.5 Å². The predicted molar refractivity (Wildman–Crippen MR) is 154 cm³/mol. The molecule has 2 aromatic rings. The number of rotatable bonds is 13. The van der Waals surface area contributed by atoms with Crippen molar-refractivity contribution in [2.75, 3.05) is 21.0 Å². The molecule has 2 aliphatic heterocycles. The van der Waals surface area contributed by atoms with E-state index in [1.807, 2.05) is 30.3 Å². The third kappa shape index (κ3) is 7.22. The van der Waals surface area contributed by atoms with E-state index in [9.17, 15) is 24.0 Å². The average Bonchev–Trinajstić information content (AvgIpc) is 3.26. The summed E-state index contributed by atoms with van der Waals surface area (Å²) in [6, 6.07) is 12.3. The molecule has 0 spiro atoms.